The van der Waals surface area contributed by atoms with E-state index in [1.54, 1.807) is 5.01 Å². The molecule has 0 spiro atoms. The van der Waals surface area contributed by atoms with Crippen LogP contribution in [0.1, 0.15) is 62.9 Å². The zero-order valence-electron chi connectivity index (χ0n) is 24.5. The van der Waals surface area contributed by atoms with Crippen molar-refractivity contribution < 1.29 is 27.8 Å². The Labute approximate surface area is 250 Å². The summed E-state index contributed by atoms with van der Waals surface area (Å²) in [6, 6.07) is 10.7. The van der Waals surface area contributed by atoms with Crippen LogP contribution in [-0.4, -0.2) is 72.1 Å². The number of nitrogens with one attached hydrogen (secondary N) is 1. The summed E-state index contributed by atoms with van der Waals surface area (Å²) in [7, 11) is 2.13. The Kier molecular flexibility index (Phi) is 14.7. The first-order chi connectivity index (χ1) is 19.9. The van der Waals surface area contributed by atoms with Crippen molar-refractivity contribution in [1.82, 2.24) is 20.3 Å². The van der Waals surface area contributed by atoms with Gasteiger partial charge >= 0.3 is 5.92 Å². The number of hydrogen-bond acceptors (Lipinski definition) is 9. The lowest BCUT2D eigenvalue weighted by atomic mass is 10.1. The van der Waals surface area contributed by atoms with Crippen LogP contribution in [0.2, 0.25) is 5.02 Å². The van der Waals surface area contributed by atoms with Gasteiger partial charge in [0.2, 0.25) is 12.2 Å². The van der Waals surface area contributed by atoms with Gasteiger partial charge in [0.05, 0.1) is 25.5 Å². The fourth-order valence-electron chi connectivity index (χ4n) is 4.12. The minimum atomic E-state index is -3.14. The molecule has 1 saturated heterocycles. The number of nitriles is 1. The molecule has 1 aliphatic carbocycles. The zero-order chi connectivity index (χ0) is 31.1. The van der Waals surface area contributed by atoms with E-state index in [0.717, 1.165) is 65.3 Å². The fraction of sp³-hybridized carbons (Fsp3) is 0.552. The highest BCUT2D eigenvalue weighted by Gasteiger charge is 2.27. The summed E-state index contributed by atoms with van der Waals surface area (Å²) in [5.41, 5.74) is 5.26. The Balaban J connectivity index is 0.000000241. The molecule has 0 unspecified atom stereocenters. The first-order valence-electron chi connectivity index (χ1n) is 13.7. The highest BCUT2D eigenvalue weighted by atomic mass is 35.5. The maximum atomic E-state index is 11.5. The largest absolute Gasteiger partial charge is 0.350 e. The number of anilines is 1. The van der Waals surface area contributed by atoms with Crippen LogP contribution in [0.25, 0.3) is 0 Å². The molecule has 0 radical (unpaired) electrons. The Morgan fingerprint density at radius 2 is 1.83 bits per heavy atom. The maximum Gasteiger partial charge on any atom is 0.302 e. The summed E-state index contributed by atoms with van der Waals surface area (Å²) in [6.45, 7) is 7.02. The van der Waals surface area contributed by atoms with Gasteiger partial charge in [0.25, 0.3) is 0 Å². The maximum absolute atomic E-state index is 11.5. The van der Waals surface area contributed by atoms with Crippen LogP contribution < -0.4 is 10.4 Å². The van der Waals surface area contributed by atoms with Crippen LogP contribution in [0.5, 0.6) is 0 Å². The number of alkyl halides is 2. The lowest BCUT2D eigenvalue weighted by Gasteiger charge is -2.28. The molecule has 2 aromatic rings. The predicted octanol–water partition coefficient (Wildman–Crippen LogP) is 4.83. The van der Waals surface area contributed by atoms with Gasteiger partial charge < -0.3 is 14.4 Å². The number of aryl methyl sites for hydroxylation is 1. The van der Waals surface area contributed by atoms with E-state index in [0.29, 0.717) is 24.2 Å². The average Bonchev–Trinajstić information content (AvgIpc) is 3.68. The molecule has 1 saturated carbocycles. The van der Waals surface area contributed by atoms with E-state index in [2.05, 4.69) is 58.5 Å². The Hall–Kier alpha value is -3.24. The number of rotatable bonds is 10. The molecule has 13 heteroatoms. The standard InChI is InChI=1S/C14H21NO2.C11H12ClN5O.C4H6F2O/c1-12-3-5-13(6-4-12)11-15(2)8-7-14-16-9-10-17-14;12-9-6-14-10(5-13)16-11(9)17(15-7-18)8-3-1-2-4-8;1-3(7)4(2,5)6/h3-6,14H,7-11H2,1-2H3;6-8H,1-4H2,(H,15,18);1-2H3. The van der Waals surface area contributed by atoms with Gasteiger partial charge in [0.1, 0.15) is 11.1 Å². The number of carbonyl (C=O) groups excluding carboxylic acids is 2. The Morgan fingerprint density at radius 3 is 2.36 bits per heavy atom. The van der Waals surface area contributed by atoms with Crippen LogP contribution in [0, 0.1) is 18.3 Å². The fourth-order valence-corrected chi connectivity index (χ4v) is 4.31. The van der Waals surface area contributed by atoms with Gasteiger partial charge in [-0.3, -0.25) is 20.0 Å². The molecule has 2 aliphatic rings. The van der Waals surface area contributed by atoms with Crippen molar-refractivity contribution in [3.05, 3.63) is 52.4 Å². The summed E-state index contributed by atoms with van der Waals surface area (Å²) >= 11 is 6.03. The van der Waals surface area contributed by atoms with Crippen molar-refractivity contribution in [1.29, 1.82) is 5.26 Å². The molecule has 0 atom stereocenters. The molecule has 2 heterocycles. The van der Waals surface area contributed by atoms with Crippen LogP contribution in [0.15, 0.2) is 30.5 Å². The molecule has 10 nitrogen and oxygen atoms in total. The van der Waals surface area contributed by atoms with Gasteiger partial charge in [-0.15, -0.1) is 0 Å². The third kappa shape index (κ3) is 12.3. The summed E-state index contributed by atoms with van der Waals surface area (Å²) in [4.78, 5) is 30.6. The quantitative estimate of drug-likeness (QED) is 0.298. The van der Waals surface area contributed by atoms with Crippen molar-refractivity contribution in [2.45, 2.75) is 77.7 Å². The van der Waals surface area contributed by atoms with Crippen LogP contribution in [0.4, 0.5) is 14.6 Å². The number of Topliss-reactive ketones (excluding diaryl/α,β-unsaturated/α-hetero) is 1. The van der Waals surface area contributed by atoms with E-state index in [-0.39, 0.29) is 18.2 Å². The first-order valence-corrected chi connectivity index (χ1v) is 14.1. The van der Waals surface area contributed by atoms with Gasteiger partial charge in [-0.1, -0.05) is 54.3 Å². The number of hydrogen-bond donors (Lipinski definition) is 1. The van der Waals surface area contributed by atoms with Crippen molar-refractivity contribution in [3.8, 4) is 6.07 Å². The topological polar surface area (TPSA) is 121 Å². The van der Waals surface area contributed by atoms with Gasteiger partial charge in [-0.25, -0.2) is 4.98 Å². The molecule has 4 rings (SSSR count). The molecule has 1 aromatic heterocycles. The number of amides is 1. The second-order valence-electron chi connectivity index (χ2n) is 10.2. The van der Waals surface area contributed by atoms with Crippen LogP contribution >= 0.6 is 11.6 Å². The number of halogens is 3. The minimum absolute atomic E-state index is 0.00969. The van der Waals surface area contributed by atoms with Crippen LogP contribution in [-0.2, 0) is 25.6 Å². The highest BCUT2D eigenvalue weighted by Crippen LogP contribution is 2.29. The summed E-state index contributed by atoms with van der Waals surface area (Å²) in [5, 5.41) is 10.7. The second kappa shape index (κ2) is 17.7. The molecular formula is C29H39ClF2N6O4. The number of benzene rings is 1. The number of aromatic nitrogens is 2. The van der Waals surface area contributed by atoms with E-state index in [1.165, 1.54) is 17.3 Å². The second-order valence-corrected chi connectivity index (χ2v) is 10.6. The van der Waals surface area contributed by atoms with Crippen molar-refractivity contribution in [2.24, 2.45) is 0 Å². The van der Waals surface area contributed by atoms with E-state index in [1.807, 2.05) is 6.07 Å². The van der Waals surface area contributed by atoms with Crippen molar-refractivity contribution in [3.63, 3.8) is 0 Å². The van der Waals surface area contributed by atoms with E-state index in [4.69, 9.17) is 26.3 Å². The molecular weight excluding hydrogens is 570 g/mol. The van der Waals surface area contributed by atoms with E-state index in [9.17, 15) is 18.4 Å². The average molecular weight is 609 g/mol. The zero-order valence-corrected chi connectivity index (χ0v) is 25.2. The summed E-state index contributed by atoms with van der Waals surface area (Å²) < 4.78 is 33.8. The van der Waals surface area contributed by atoms with E-state index < -0.39 is 11.7 Å². The number of ketones is 1. The number of ether oxygens (including phenoxy) is 2. The number of carbonyl (C=O) groups is 2. The van der Waals surface area contributed by atoms with Gasteiger partial charge in [0, 0.05) is 33.4 Å². The first kappa shape index (κ1) is 35.0. The van der Waals surface area contributed by atoms with Gasteiger partial charge in [-0.2, -0.15) is 19.0 Å². The normalized spacial score (nSPS) is 15.2. The third-order valence-electron chi connectivity index (χ3n) is 6.56. The van der Waals surface area contributed by atoms with Crippen molar-refractivity contribution >= 4 is 29.6 Å². The molecule has 1 aromatic carbocycles. The van der Waals surface area contributed by atoms with E-state index >= 15 is 0 Å². The van der Waals surface area contributed by atoms with Gasteiger partial charge in [0.15, 0.2) is 17.9 Å². The number of nitrogens with zero attached hydrogens (tertiary/aromatic N) is 5. The highest BCUT2D eigenvalue weighted by molar-refractivity contribution is 6.32. The monoisotopic (exact) mass is 608 g/mol. The lowest BCUT2D eigenvalue weighted by Crippen LogP contribution is -2.45. The smallest absolute Gasteiger partial charge is 0.302 e. The molecule has 0 bridgehead atoms. The minimum Gasteiger partial charge on any atom is -0.350 e. The molecule has 1 amide bonds. The lowest BCUT2D eigenvalue weighted by molar-refractivity contribution is -0.138. The van der Waals surface area contributed by atoms with Crippen LogP contribution in [0.3, 0.4) is 0 Å². The molecule has 1 aliphatic heterocycles. The van der Waals surface area contributed by atoms with Gasteiger partial charge in [-0.05, 0) is 32.4 Å². The Morgan fingerprint density at radius 1 is 1.24 bits per heavy atom. The molecule has 1 N–H and O–H groups in total. The predicted molar refractivity (Wildman–Crippen MR) is 155 cm³/mol. The number of hydrazine groups is 1. The summed E-state index contributed by atoms with van der Waals surface area (Å²) in [6.07, 6.45) is 7.05. The molecule has 42 heavy (non-hydrogen) atoms. The Bertz CT molecular complexity index is 1160. The molecule has 230 valence electrons. The molecule has 2 fully saturated rings. The SMILES string of the molecule is CC(=O)C(C)(F)F.Cc1ccc(CN(C)CCC2OCCO2)cc1.N#Cc1ncc(Cl)c(N(NC=O)C2CCCC2)n1. The van der Waals surface area contributed by atoms with Crippen molar-refractivity contribution in [2.75, 3.05) is 31.8 Å². The summed E-state index contributed by atoms with van der Waals surface area (Å²) in [5.74, 6) is -3.82. The third-order valence-corrected chi connectivity index (χ3v) is 6.83.